The summed E-state index contributed by atoms with van der Waals surface area (Å²) in [5.74, 6) is -0.184. The van der Waals surface area contributed by atoms with Crippen molar-refractivity contribution >= 4 is 5.97 Å². The maximum absolute atomic E-state index is 11.8. The molecule has 4 nitrogen and oxygen atoms in total. The molecule has 0 heterocycles. The average Bonchev–Trinajstić information content (AvgIpc) is 2.47. The molecule has 0 aliphatic rings. The van der Waals surface area contributed by atoms with Gasteiger partial charge >= 0.3 is 5.97 Å². The molecule has 0 bridgehead atoms. The van der Waals surface area contributed by atoms with Crippen LogP contribution >= 0.6 is 0 Å². The van der Waals surface area contributed by atoms with Gasteiger partial charge in [-0.05, 0) is 39.5 Å². The topological polar surface area (TPSA) is 32.8 Å². The van der Waals surface area contributed by atoms with Gasteiger partial charge in [0.05, 0.1) is 0 Å². The molecule has 0 N–H and O–H groups in total. The number of hydrogen-bond acceptors (Lipinski definition) is 4. The molecule has 0 fully saturated rings. The zero-order valence-corrected chi connectivity index (χ0v) is 13.9. The predicted octanol–water partition coefficient (Wildman–Crippen LogP) is 2.55. The first-order valence-corrected chi connectivity index (χ1v) is 7.87. The lowest BCUT2D eigenvalue weighted by Gasteiger charge is -2.18. The first-order chi connectivity index (χ1) is 9.58. The lowest BCUT2D eigenvalue weighted by atomic mass is 10.2. The van der Waals surface area contributed by atoms with E-state index >= 15 is 0 Å². The monoisotopic (exact) mass is 284 g/mol. The summed E-state index contributed by atoms with van der Waals surface area (Å²) in [7, 11) is 0. The molecule has 0 aliphatic heterocycles. The Hall–Kier alpha value is -0.870. The molecule has 0 aromatic heterocycles. The van der Waals surface area contributed by atoms with E-state index in [4.69, 9.17) is 4.74 Å². The summed E-state index contributed by atoms with van der Waals surface area (Å²) in [4.78, 5) is 16.4. The second-order valence-corrected chi connectivity index (χ2v) is 4.87. The SMILES string of the molecule is CCN(CC)CCC=C(C)C(=O)OCCN(CC)CC. The van der Waals surface area contributed by atoms with Crippen molar-refractivity contribution < 1.29 is 9.53 Å². The summed E-state index contributed by atoms with van der Waals surface area (Å²) < 4.78 is 5.29. The van der Waals surface area contributed by atoms with Crippen LogP contribution in [0.2, 0.25) is 0 Å². The molecule has 20 heavy (non-hydrogen) atoms. The fourth-order valence-corrected chi connectivity index (χ4v) is 2.01. The maximum atomic E-state index is 11.8. The molecule has 0 amide bonds. The maximum Gasteiger partial charge on any atom is 0.333 e. The van der Waals surface area contributed by atoms with E-state index < -0.39 is 0 Å². The second-order valence-electron chi connectivity index (χ2n) is 4.87. The van der Waals surface area contributed by atoms with Crippen molar-refractivity contribution in [1.82, 2.24) is 9.80 Å². The molecule has 4 heteroatoms. The summed E-state index contributed by atoms with van der Waals surface area (Å²) in [6.07, 6.45) is 2.89. The minimum absolute atomic E-state index is 0.184. The third-order valence-electron chi connectivity index (χ3n) is 3.65. The van der Waals surface area contributed by atoms with Gasteiger partial charge < -0.3 is 14.5 Å². The van der Waals surface area contributed by atoms with Gasteiger partial charge in [-0.1, -0.05) is 33.8 Å². The number of nitrogens with zero attached hydrogens (tertiary/aromatic N) is 2. The Labute approximate surface area is 124 Å². The Morgan fingerprint density at radius 1 is 0.950 bits per heavy atom. The van der Waals surface area contributed by atoms with Gasteiger partial charge in [-0.15, -0.1) is 0 Å². The van der Waals surface area contributed by atoms with Gasteiger partial charge in [-0.25, -0.2) is 4.79 Å². The molecular weight excluding hydrogens is 252 g/mol. The Bertz CT molecular complexity index is 282. The van der Waals surface area contributed by atoms with Crippen LogP contribution in [0.15, 0.2) is 11.6 Å². The van der Waals surface area contributed by atoms with Crippen LogP contribution in [-0.2, 0) is 9.53 Å². The summed E-state index contributed by atoms with van der Waals surface area (Å²) >= 11 is 0. The third kappa shape index (κ3) is 8.33. The predicted molar refractivity (Wildman–Crippen MR) is 84.9 cm³/mol. The van der Waals surface area contributed by atoms with E-state index in [1.807, 2.05) is 13.0 Å². The van der Waals surface area contributed by atoms with Gasteiger partial charge in [0.15, 0.2) is 0 Å². The minimum atomic E-state index is -0.184. The van der Waals surface area contributed by atoms with Crippen LogP contribution in [-0.4, -0.2) is 61.6 Å². The van der Waals surface area contributed by atoms with E-state index in [0.29, 0.717) is 6.61 Å². The van der Waals surface area contributed by atoms with Crippen LogP contribution in [0.5, 0.6) is 0 Å². The van der Waals surface area contributed by atoms with Gasteiger partial charge in [-0.3, -0.25) is 0 Å². The standard InChI is InChI=1S/C16H32N2O2/c1-6-17(7-2)12-10-11-15(5)16(19)20-14-13-18(8-3)9-4/h11H,6-10,12-14H2,1-5H3. The number of carbonyl (C=O) groups excluding carboxylic acids is 1. The van der Waals surface area contributed by atoms with E-state index in [1.54, 1.807) is 0 Å². The van der Waals surface area contributed by atoms with Crippen molar-refractivity contribution in [3.63, 3.8) is 0 Å². The first kappa shape index (κ1) is 19.1. The number of hydrogen-bond donors (Lipinski definition) is 0. The van der Waals surface area contributed by atoms with Crippen molar-refractivity contribution in [3.8, 4) is 0 Å². The Kier molecular flexibility index (Phi) is 11.4. The number of carbonyl (C=O) groups is 1. The van der Waals surface area contributed by atoms with Crippen LogP contribution < -0.4 is 0 Å². The minimum Gasteiger partial charge on any atom is -0.461 e. The molecule has 0 unspecified atom stereocenters. The van der Waals surface area contributed by atoms with E-state index in [-0.39, 0.29) is 5.97 Å². The fourth-order valence-electron chi connectivity index (χ4n) is 2.01. The van der Waals surface area contributed by atoms with Crippen LogP contribution in [0.1, 0.15) is 41.0 Å². The van der Waals surface area contributed by atoms with Gasteiger partial charge in [-0.2, -0.15) is 0 Å². The summed E-state index contributed by atoms with van der Waals surface area (Å²) in [5, 5.41) is 0. The molecular formula is C16H32N2O2. The molecule has 0 aromatic carbocycles. The fraction of sp³-hybridized carbons (Fsp3) is 0.812. The molecule has 0 radical (unpaired) electrons. The third-order valence-corrected chi connectivity index (χ3v) is 3.65. The van der Waals surface area contributed by atoms with E-state index in [1.165, 1.54) is 0 Å². The Balaban J connectivity index is 3.96. The molecule has 0 aromatic rings. The zero-order valence-electron chi connectivity index (χ0n) is 13.9. The van der Waals surface area contributed by atoms with Crippen LogP contribution in [0.25, 0.3) is 0 Å². The zero-order chi connectivity index (χ0) is 15.4. The number of esters is 1. The number of rotatable bonds is 11. The van der Waals surface area contributed by atoms with E-state index in [2.05, 4.69) is 37.5 Å². The average molecular weight is 284 g/mol. The molecule has 0 rings (SSSR count). The van der Waals surface area contributed by atoms with Crippen molar-refractivity contribution in [1.29, 1.82) is 0 Å². The van der Waals surface area contributed by atoms with Crippen molar-refractivity contribution in [2.24, 2.45) is 0 Å². The number of likely N-dealkylation sites (N-methyl/N-ethyl adjacent to an activating group) is 1. The van der Waals surface area contributed by atoms with Gasteiger partial charge in [0, 0.05) is 18.7 Å². The normalized spacial score (nSPS) is 12.2. The molecule has 0 atom stereocenters. The second kappa shape index (κ2) is 11.9. The smallest absolute Gasteiger partial charge is 0.333 e. The van der Waals surface area contributed by atoms with Crippen LogP contribution in [0.3, 0.4) is 0 Å². The highest BCUT2D eigenvalue weighted by Crippen LogP contribution is 2.01. The summed E-state index contributed by atoms with van der Waals surface area (Å²) in [5.41, 5.74) is 0.719. The number of ether oxygens (including phenoxy) is 1. The highest BCUT2D eigenvalue weighted by atomic mass is 16.5. The lowest BCUT2D eigenvalue weighted by Crippen LogP contribution is -2.28. The van der Waals surface area contributed by atoms with E-state index in [9.17, 15) is 4.79 Å². The summed E-state index contributed by atoms with van der Waals surface area (Å²) in [6, 6.07) is 0. The lowest BCUT2D eigenvalue weighted by molar-refractivity contribution is -0.139. The van der Waals surface area contributed by atoms with Crippen LogP contribution in [0, 0.1) is 0 Å². The largest absolute Gasteiger partial charge is 0.461 e. The van der Waals surface area contributed by atoms with Gasteiger partial charge in [0.25, 0.3) is 0 Å². The molecule has 0 saturated heterocycles. The van der Waals surface area contributed by atoms with Gasteiger partial charge in [0.2, 0.25) is 0 Å². The summed E-state index contributed by atoms with van der Waals surface area (Å²) in [6.45, 7) is 16.7. The Morgan fingerprint density at radius 3 is 1.95 bits per heavy atom. The molecule has 0 saturated carbocycles. The van der Waals surface area contributed by atoms with Crippen molar-refractivity contribution in [3.05, 3.63) is 11.6 Å². The highest BCUT2D eigenvalue weighted by Gasteiger charge is 2.07. The van der Waals surface area contributed by atoms with Crippen molar-refractivity contribution in [2.75, 3.05) is 45.9 Å². The quantitative estimate of drug-likeness (QED) is 0.431. The molecule has 118 valence electrons. The van der Waals surface area contributed by atoms with Gasteiger partial charge in [0.1, 0.15) is 6.61 Å². The van der Waals surface area contributed by atoms with Crippen LogP contribution in [0.4, 0.5) is 0 Å². The van der Waals surface area contributed by atoms with E-state index in [0.717, 1.165) is 51.3 Å². The van der Waals surface area contributed by atoms with Crippen molar-refractivity contribution in [2.45, 2.75) is 41.0 Å². The molecule has 0 aliphatic carbocycles. The Morgan fingerprint density at radius 2 is 1.45 bits per heavy atom. The molecule has 0 spiro atoms. The highest BCUT2D eigenvalue weighted by molar-refractivity contribution is 5.87. The first-order valence-electron chi connectivity index (χ1n) is 7.87.